The van der Waals surface area contributed by atoms with Crippen LogP contribution in [0.3, 0.4) is 0 Å². The van der Waals surface area contributed by atoms with Crippen molar-refractivity contribution in [3.05, 3.63) is 12.3 Å². The molecule has 1 aliphatic heterocycles. The van der Waals surface area contributed by atoms with E-state index < -0.39 is 0 Å². The predicted octanol–water partition coefficient (Wildman–Crippen LogP) is 3.60. The van der Waals surface area contributed by atoms with Gasteiger partial charge in [-0.1, -0.05) is 20.4 Å². The number of allylic oxidation sites excluding steroid dienone is 1. The van der Waals surface area contributed by atoms with Gasteiger partial charge in [0.1, 0.15) is 0 Å². The fourth-order valence-electron chi connectivity index (χ4n) is 3.71. The first-order chi connectivity index (χ1) is 9.06. The van der Waals surface area contributed by atoms with E-state index in [0.717, 1.165) is 17.8 Å². The third-order valence-corrected chi connectivity index (χ3v) is 5.26. The molecule has 1 aliphatic carbocycles. The zero-order chi connectivity index (χ0) is 13.8. The quantitative estimate of drug-likeness (QED) is 0.765. The van der Waals surface area contributed by atoms with Gasteiger partial charge in [0.2, 0.25) is 0 Å². The summed E-state index contributed by atoms with van der Waals surface area (Å²) in [5.74, 6) is 2.85. The number of nitrogens with zero attached hydrogens (tertiary/aromatic N) is 2. The highest BCUT2D eigenvalue weighted by Gasteiger charge is 2.25. The summed E-state index contributed by atoms with van der Waals surface area (Å²) < 4.78 is 0. The molecule has 2 heteroatoms. The molecule has 0 N–H and O–H groups in total. The third kappa shape index (κ3) is 4.24. The molecular formula is C17H32N2. The Labute approximate surface area is 119 Å². The van der Waals surface area contributed by atoms with Crippen molar-refractivity contribution in [2.24, 2.45) is 17.8 Å². The summed E-state index contributed by atoms with van der Waals surface area (Å²) in [4.78, 5) is 5.10. The topological polar surface area (TPSA) is 6.48 Å². The Kier molecular flexibility index (Phi) is 5.32. The number of piperazine rings is 1. The highest BCUT2D eigenvalue weighted by Crippen LogP contribution is 2.33. The zero-order valence-corrected chi connectivity index (χ0v) is 13.2. The van der Waals surface area contributed by atoms with Gasteiger partial charge < -0.3 is 4.90 Å². The lowest BCUT2D eigenvalue weighted by molar-refractivity contribution is 0.117. The average Bonchev–Trinajstić information content (AvgIpc) is 2.40. The Bertz CT molecular complexity index is 282. The van der Waals surface area contributed by atoms with Crippen molar-refractivity contribution in [3.63, 3.8) is 0 Å². The first-order valence-corrected chi connectivity index (χ1v) is 8.19. The zero-order valence-electron chi connectivity index (χ0n) is 13.2. The molecule has 0 aromatic heterocycles. The van der Waals surface area contributed by atoms with Crippen LogP contribution >= 0.6 is 0 Å². The van der Waals surface area contributed by atoms with E-state index in [2.05, 4.69) is 37.1 Å². The van der Waals surface area contributed by atoms with E-state index in [0.29, 0.717) is 0 Å². The van der Waals surface area contributed by atoms with Crippen molar-refractivity contribution in [2.45, 2.75) is 46.5 Å². The molecule has 0 radical (unpaired) electrons. The molecule has 1 saturated carbocycles. The largest absolute Gasteiger partial charge is 0.373 e. The summed E-state index contributed by atoms with van der Waals surface area (Å²) in [7, 11) is 0. The van der Waals surface area contributed by atoms with E-state index in [1.165, 1.54) is 64.1 Å². The van der Waals surface area contributed by atoms with Crippen molar-refractivity contribution in [1.29, 1.82) is 0 Å². The fraction of sp³-hybridized carbons (Fsp3) is 0.882. The van der Waals surface area contributed by atoms with Crippen molar-refractivity contribution >= 4 is 0 Å². The molecule has 0 aromatic rings. The molecule has 0 atom stereocenters. The van der Waals surface area contributed by atoms with Gasteiger partial charge in [-0.05, 0) is 50.4 Å². The van der Waals surface area contributed by atoms with Gasteiger partial charge in [-0.3, -0.25) is 4.90 Å². The van der Waals surface area contributed by atoms with E-state index >= 15 is 0 Å². The van der Waals surface area contributed by atoms with Crippen LogP contribution in [0, 0.1) is 17.8 Å². The van der Waals surface area contributed by atoms with Gasteiger partial charge >= 0.3 is 0 Å². The normalized spacial score (nSPS) is 29.8. The second-order valence-corrected chi connectivity index (χ2v) is 7.05. The van der Waals surface area contributed by atoms with Crippen LogP contribution in [0.2, 0.25) is 0 Å². The lowest BCUT2D eigenvalue weighted by Crippen LogP contribution is -2.47. The van der Waals surface area contributed by atoms with Crippen LogP contribution in [0.5, 0.6) is 0 Å². The van der Waals surface area contributed by atoms with Gasteiger partial charge in [-0.25, -0.2) is 0 Å². The monoisotopic (exact) mass is 264 g/mol. The molecule has 0 aromatic carbocycles. The molecule has 2 nitrogen and oxygen atoms in total. The van der Waals surface area contributed by atoms with E-state index in [1.54, 1.807) is 0 Å². The molecule has 2 fully saturated rings. The Morgan fingerprint density at radius 3 is 2.11 bits per heavy atom. The predicted molar refractivity (Wildman–Crippen MR) is 83.1 cm³/mol. The maximum absolute atomic E-state index is 4.05. The van der Waals surface area contributed by atoms with Crippen LogP contribution in [0.15, 0.2) is 12.3 Å². The number of hydrogen-bond acceptors (Lipinski definition) is 2. The molecule has 0 spiro atoms. The fourth-order valence-corrected chi connectivity index (χ4v) is 3.71. The van der Waals surface area contributed by atoms with Crippen LogP contribution in [0.25, 0.3) is 0 Å². The Morgan fingerprint density at radius 2 is 1.63 bits per heavy atom. The third-order valence-electron chi connectivity index (χ3n) is 5.26. The molecule has 1 saturated heterocycles. The standard InChI is InChI=1S/C17H32N2/c1-14(2)17-7-5-16(6-8-17)13-18-9-11-19(12-10-18)15(3)4/h14,16-17H,3,5-13H2,1-2,4H3. The smallest absolute Gasteiger partial charge is 0.0303 e. The summed E-state index contributed by atoms with van der Waals surface area (Å²) in [6.07, 6.45) is 5.86. The molecule has 0 bridgehead atoms. The lowest BCUT2D eigenvalue weighted by atomic mass is 9.77. The van der Waals surface area contributed by atoms with E-state index in [1.807, 2.05) is 0 Å². The van der Waals surface area contributed by atoms with Crippen LogP contribution in [-0.4, -0.2) is 42.5 Å². The number of rotatable bonds is 4. The second-order valence-electron chi connectivity index (χ2n) is 7.05. The van der Waals surface area contributed by atoms with Crippen LogP contribution in [0.1, 0.15) is 46.5 Å². The Morgan fingerprint density at radius 1 is 1.05 bits per heavy atom. The van der Waals surface area contributed by atoms with Crippen molar-refractivity contribution in [2.75, 3.05) is 32.7 Å². The van der Waals surface area contributed by atoms with Crippen LogP contribution < -0.4 is 0 Å². The summed E-state index contributed by atoms with van der Waals surface area (Å²) in [6, 6.07) is 0. The Hall–Kier alpha value is -0.500. The summed E-state index contributed by atoms with van der Waals surface area (Å²) in [6.45, 7) is 17.1. The molecule has 2 aliphatic rings. The SMILES string of the molecule is C=C(C)N1CCN(CC2CCC(C(C)C)CC2)CC1. The number of hydrogen-bond donors (Lipinski definition) is 0. The van der Waals surface area contributed by atoms with Gasteiger partial charge in [0.05, 0.1) is 0 Å². The highest BCUT2D eigenvalue weighted by molar-refractivity contribution is 4.91. The summed E-state index contributed by atoms with van der Waals surface area (Å²) in [5, 5.41) is 0. The van der Waals surface area contributed by atoms with Gasteiger partial charge in [-0.2, -0.15) is 0 Å². The first kappa shape index (κ1) is 14.9. The summed E-state index contributed by atoms with van der Waals surface area (Å²) in [5.41, 5.74) is 1.23. The average molecular weight is 264 g/mol. The highest BCUT2D eigenvalue weighted by atomic mass is 15.3. The minimum Gasteiger partial charge on any atom is -0.373 e. The molecule has 110 valence electrons. The molecule has 0 amide bonds. The van der Waals surface area contributed by atoms with Gasteiger partial charge in [0.25, 0.3) is 0 Å². The first-order valence-electron chi connectivity index (χ1n) is 8.19. The van der Waals surface area contributed by atoms with Gasteiger partial charge in [0.15, 0.2) is 0 Å². The van der Waals surface area contributed by atoms with Crippen LogP contribution in [0.4, 0.5) is 0 Å². The Balaban J connectivity index is 1.68. The van der Waals surface area contributed by atoms with Crippen molar-refractivity contribution in [3.8, 4) is 0 Å². The molecular weight excluding hydrogens is 232 g/mol. The molecule has 1 heterocycles. The minimum absolute atomic E-state index is 0.889. The second kappa shape index (κ2) is 6.78. The summed E-state index contributed by atoms with van der Waals surface area (Å²) >= 11 is 0. The lowest BCUT2D eigenvalue weighted by Gasteiger charge is -2.39. The van der Waals surface area contributed by atoms with Gasteiger partial charge in [0, 0.05) is 38.4 Å². The maximum atomic E-state index is 4.05. The van der Waals surface area contributed by atoms with E-state index in [9.17, 15) is 0 Å². The van der Waals surface area contributed by atoms with E-state index in [4.69, 9.17) is 0 Å². The van der Waals surface area contributed by atoms with Crippen molar-refractivity contribution in [1.82, 2.24) is 9.80 Å². The maximum Gasteiger partial charge on any atom is 0.0303 e. The van der Waals surface area contributed by atoms with Crippen LogP contribution in [-0.2, 0) is 0 Å². The van der Waals surface area contributed by atoms with E-state index in [-0.39, 0.29) is 0 Å². The molecule has 2 rings (SSSR count). The minimum atomic E-state index is 0.889. The van der Waals surface area contributed by atoms with Gasteiger partial charge in [-0.15, -0.1) is 0 Å². The van der Waals surface area contributed by atoms with Crippen molar-refractivity contribution < 1.29 is 0 Å². The molecule has 19 heavy (non-hydrogen) atoms. The molecule has 0 unspecified atom stereocenters.